The summed E-state index contributed by atoms with van der Waals surface area (Å²) in [4.78, 5) is 222. The van der Waals surface area contributed by atoms with Gasteiger partial charge in [0.25, 0.3) is 5.91 Å². The Bertz CT molecular complexity index is 3370. The van der Waals surface area contributed by atoms with E-state index in [1.165, 1.54) is 74.4 Å². The highest BCUT2D eigenvalue weighted by molar-refractivity contribution is 6.03. The molecule has 0 aromatic carbocycles. The van der Waals surface area contributed by atoms with E-state index in [9.17, 15) is 77.6 Å². The number of likely N-dealkylation sites (tertiary alicyclic amines) is 1. The molecular formula is C79H137N17O19. The standard InChI is InChI=1S/C79H137N17O19/c1-21-45(12)60(90-69(105)57(42(6)7)86-55(100)39-82-76(112)65(49(16)99)95(20)77(113)54-34-32-38-96(54)56(101)35-31-29-27-25-24-26-28-30-33-41(4)5)72(108)83-47(14)66(102)84-51(23-3)67(103)92-63-50(17)115-78(114)64(53-36-37-81-79(80-18)94(53)19)93-73(109)61(46(13)22-2)89-68(104)52(40-97)85-74(110)62(48(15)98)91-71(107)59(44(10)11)87-70(106)58(43(8)9)88-75(63)111/h23,41-50,52-54,57-65,97-99H,21-22,24-40H2,1-20H3,(H,80,81)(H,82,112)(H,83,108)(H,84,102)(H,85,110)(H,86,100)(H,87,106)(H,88,111)(H,89,104)(H,90,105)(H,91,107)(H,92,103)(H,93,109)/b51-23-. The van der Waals surface area contributed by atoms with Gasteiger partial charge in [0.05, 0.1) is 31.4 Å². The molecule has 0 saturated carbocycles. The number of esters is 1. The second-order valence-corrected chi connectivity index (χ2v) is 32.3. The predicted octanol–water partition coefficient (Wildman–Crippen LogP) is -0.596. The maximum atomic E-state index is 15.0. The highest BCUT2D eigenvalue weighted by atomic mass is 16.5. The van der Waals surface area contributed by atoms with Crippen LogP contribution in [0.15, 0.2) is 16.8 Å². The molecule has 18 unspecified atom stereocenters. The molecule has 18 atom stereocenters. The van der Waals surface area contributed by atoms with Crippen molar-refractivity contribution in [3.63, 3.8) is 0 Å². The number of rotatable bonds is 36. The van der Waals surface area contributed by atoms with Crippen LogP contribution >= 0.6 is 0 Å². The van der Waals surface area contributed by atoms with Gasteiger partial charge in [0.1, 0.15) is 84.3 Å². The summed E-state index contributed by atoms with van der Waals surface area (Å²) < 4.78 is 6.07. The second-order valence-electron chi connectivity index (χ2n) is 32.3. The number of unbranched alkanes of at least 4 members (excludes halogenated alkanes) is 7. The topological polar surface area (TPSA) is 504 Å². The number of guanidine groups is 1. The molecule has 0 aliphatic carbocycles. The van der Waals surface area contributed by atoms with E-state index in [0.29, 0.717) is 44.1 Å². The van der Waals surface area contributed by atoms with Crippen LogP contribution in [0.2, 0.25) is 0 Å². The first-order valence-electron chi connectivity index (χ1n) is 41.0. The number of carbonyl (C=O) groups is 15. The van der Waals surface area contributed by atoms with Gasteiger partial charge in [-0.1, -0.05) is 153 Å². The summed E-state index contributed by atoms with van der Waals surface area (Å²) in [5.41, 5.74) is -0.522. The average molecular weight is 1630 g/mol. The van der Waals surface area contributed by atoms with Gasteiger partial charge < -0.3 is 104 Å². The third-order valence-electron chi connectivity index (χ3n) is 21.5. The zero-order valence-electron chi connectivity index (χ0n) is 71.4. The van der Waals surface area contributed by atoms with E-state index in [-0.39, 0.29) is 31.7 Å². The number of cyclic esters (lactones) is 1. The molecule has 3 saturated heterocycles. The Kier molecular flexibility index (Phi) is 42.8. The van der Waals surface area contributed by atoms with Crippen LogP contribution in [0.25, 0.3) is 0 Å². The number of aliphatic hydroxyl groups excluding tert-OH is 3. The van der Waals surface area contributed by atoms with Crippen LogP contribution in [0.4, 0.5) is 0 Å². The quantitative estimate of drug-likeness (QED) is 0.0212. The van der Waals surface area contributed by atoms with E-state index >= 15 is 9.59 Å². The zero-order chi connectivity index (χ0) is 87.0. The van der Waals surface area contributed by atoms with Crippen molar-refractivity contribution < 1.29 is 92.0 Å². The molecule has 36 nitrogen and oxygen atoms in total. The summed E-state index contributed by atoms with van der Waals surface area (Å²) >= 11 is 0. The molecule has 3 aliphatic rings. The van der Waals surface area contributed by atoms with Gasteiger partial charge >= 0.3 is 5.97 Å². The minimum atomic E-state index is -1.98. The van der Waals surface area contributed by atoms with Crippen molar-refractivity contribution in [3.05, 3.63) is 11.8 Å². The molecule has 16 N–H and O–H groups in total. The molecule has 0 radical (unpaired) electrons. The third kappa shape index (κ3) is 30.5. The number of amides is 14. The Labute approximate surface area is 678 Å². The van der Waals surface area contributed by atoms with Crippen LogP contribution in [0.1, 0.15) is 214 Å². The fraction of sp³-hybridized carbons (Fsp3) is 0.772. The Morgan fingerprint density at radius 1 is 0.652 bits per heavy atom. The molecule has 3 aliphatic heterocycles. The molecule has 0 aromatic heterocycles. The smallest absolute Gasteiger partial charge is 0.331 e. The lowest BCUT2D eigenvalue weighted by Gasteiger charge is -2.40. The van der Waals surface area contributed by atoms with Crippen molar-refractivity contribution in [1.82, 2.24) is 83.8 Å². The van der Waals surface area contributed by atoms with E-state index in [0.717, 1.165) is 36.7 Å². The van der Waals surface area contributed by atoms with Crippen molar-refractivity contribution in [2.45, 2.75) is 311 Å². The third-order valence-corrected chi connectivity index (χ3v) is 21.5. The van der Waals surface area contributed by atoms with Gasteiger partial charge in [0.15, 0.2) is 5.96 Å². The monoisotopic (exact) mass is 1630 g/mol. The maximum Gasteiger partial charge on any atom is 0.331 e. The first kappa shape index (κ1) is 100. The first-order chi connectivity index (χ1) is 54.0. The van der Waals surface area contributed by atoms with E-state index in [2.05, 4.69) is 88.0 Å². The minimum Gasteiger partial charge on any atom is -0.458 e. The summed E-state index contributed by atoms with van der Waals surface area (Å²) in [6.45, 7) is 25.8. The van der Waals surface area contributed by atoms with Gasteiger partial charge in [-0.2, -0.15) is 0 Å². The Morgan fingerprint density at radius 2 is 1.20 bits per heavy atom. The summed E-state index contributed by atoms with van der Waals surface area (Å²) in [7, 11) is 4.40. The molecule has 0 aromatic rings. The van der Waals surface area contributed by atoms with Gasteiger partial charge in [-0.3, -0.25) is 72.1 Å². The van der Waals surface area contributed by atoms with Crippen molar-refractivity contribution in [3.8, 4) is 0 Å². The van der Waals surface area contributed by atoms with Crippen molar-refractivity contribution in [2.75, 3.05) is 47.4 Å². The van der Waals surface area contributed by atoms with Crippen LogP contribution in [0.5, 0.6) is 0 Å². The van der Waals surface area contributed by atoms with Crippen LogP contribution in [-0.2, 0) is 76.7 Å². The summed E-state index contributed by atoms with van der Waals surface area (Å²) in [6, 6.07) is -19.1. The Balaban J connectivity index is 1.92. The van der Waals surface area contributed by atoms with Crippen LogP contribution in [0.3, 0.4) is 0 Å². The van der Waals surface area contributed by atoms with Gasteiger partial charge in [-0.05, 0) is 95.8 Å². The summed E-state index contributed by atoms with van der Waals surface area (Å²) in [5, 5.41) is 65.7. The van der Waals surface area contributed by atoms with E-state index in [1.54, 1.807) is 86.1 Å². The molecule has 0 bridgehead atoms. The van der Waals surface area contributed by atoms with E-state index in [4.69, 9.17) is 4.74 Å². The average Bonchev–Trinajstić information content (AvgIpc) is 1.75. The fourth-order valence-electron chi connectivity index (χ4n) is 13.8. The first-order valence-corrected chi connectivity index (χ1v) is 41.0. The van der Waals surface area contributed by atoms with Crippen molar-refractivity contribution in [1.29, 1.82) is 0 Å². The lowest BCUT2D eigenvalue weighted by molar-refractivity contribution is -0.157. The molecule has 0 spiro atoms. The van der Waals surface area contributed by atoms with Crippen LogP contribution < -0.4 is 69.1 Å². The summed E-state index contributed by atoms with van der Waals surface area (Å²) in [5.74, 6) is -16.2. The highest BCUT2D eigenvalue weighted by Crippen LogP contribution is 2.25. The SMILES string of the molecule is C/C=C(\NC(=O)C(C)NC(=O)C(NC(=O)C(NC(=O)CNC(=O)C(C(C)O)N(C)C(=O)C1CCCN1C(=O)CCCCCCCCCCC(C)C)C(C)C)C(C)CC)C(=O)NC1C(=O)NC(C(C)C)C(=O)NC(C(C)C)C(=O)NC(C(C)O)C(=O)NC(CO)C(=O)NC(C(C)CC)C(=O)NC(C2CCNC(=NC)N2C)C(=O)OC1C. The van der Waals surface area contributed by atoms with Gasteiger partial charge in [0, 0.05) is 40.7 Å². The fourth-order valence-corrected chi connectivity index (χ4v) is 13.8. The van der Waals surface area contributed by atoms with Gasteiger partial charge in [-0.25, -0.2) is 4.79 Å². The second kappa shape index (κ2) is 49.1. The highest BCUT2D eigenvalue weighted by Gasteiger charge is 2.46. The number of nitrogens with one attached hydrogen (secondary N) is 13. The van der Waals surface area contributed by atoms with E-state index < -0.39 is 228 Å². The van der Waals surface area contributed by atoms with Gasteiger partial charge in [0.2, 0.25) is 76.8 Å². The zero-order valence-corrected chi connectivity index (χ0v) is 71.4. The molecule has 36 heteroatoms. The van der Waals surface area contributed by atoms with Crippen LogP contribution in [-0.4, -0.2) is 269 Å². The molecular weight excluding hydrogens is 1490 g/mol. The molecule has 652 valence electrons. The molecule has 115 heavy (non-hydrogen) atoms. The van der Waals surface area contributed by atoms with E-state index in [1.807, 2.05) is 0 Å². The number of likely N-dealkylation sites (N-methyl/N-ethyl adjacent to an activating group) is 2. The number of ether oxygens (including phenoxy) is 1. The largest absolute Gasteiger partial charge is 0.458 e. The maximum absolute atomic E-state index is 15.0. The van der Waals surface area contributed by atoms with Crippen molar-refractivity contribution in [2.24, 2.45) is 40.5 Å². The Hall–Kier alpha value is -9.06. The molecule has 3 fully saturated rings. The number of carbonyl (C=O) groups excluding carboxylic acids is 15. The Morgan fingerprint density at radius 3 is 1.73 bits per heavy atom. The lowest BCUT2D eigenvalue weighted by Crippen LogP contribution is -2.66. The number of hydrogen-bond donors (Lipinski definition) is 16. The predicted molar refractivity (Wildman–Crippen MR) is 429 cm³/mol. The number of allylic oxidation sites excluding steroid dienone is 1. The van der Waals surface area contributed by atoms with Crippen molar-refractivity contribution >= 4 is 94.6 Å². The number of aliphatic imine (C=N–C) groups is 1. The molecule has 3 rings (SSSR count). The molecule has 14 amide bonds. The number of nitrogens with zero attached hydrogens (tertiary/aromatic N) is 4. The molecule has 3 heterocycles. The van der Waals surface area contributed by atoms with Crippen LogP contribution in [0, 0.1) is 35.5 Å². The number of hydrogen-bond acceptors (Lipinski definition) is 20. The summed E-state index contributed by atoms with van der Waals surface area (Å²) in [6.07, 6.45) is 8.03. The van der Waals surface area contributed by atoms with Gasteiger partial charge in [-0.15, -0.1) is 0 Å². The normalized spacial score (nSPS) is 24.4. The minimum absolute atomic E-state index is 0.149. The lowest BCUT2D eigenvalue weighted by atomic mass is 9.95. The number of aliphatic hydroxyl groups is 3.